The van der Waals surface area contributed by atoms with Gasteiger partial charge in [-0.3, -0.25) is 9.78 Å². The lowest BCUT2D eigenvalue weighted by molar-refractivity contribution is 0.0950. The lowest BCUT2D eigenvalue weighted by atomic mass is 10.1. The van der Waals surface area contributed by atoms with Crippen molar-refractivity contribution < 1.29 is 13.2 Å². The molecule has 0 fully saturated rings. The molecule has 0 spiro atoms. The number of carbonyl (C=O) groups excluding carboxylic acids is 1. The fraction of sp³-hybridized carbons (Fsp3) is 0.133. The van der Waals surface area contributed by atoms with Gasteiger partial charge < -0.3 is 0 Å². The highest BCUT2D eigenvalue weighted by Gasteiger charge is 2.11. The van der Waals surface area contributed by atoms with Crippen LogP contribution in [0.2, 0.25) is 0 Å². The van der Waals surface area contributed by atoms with Crippen molar-refractivity contribution in [2.45, 2.75) is 11.8 Å². The first-order valence-corrected chi connectivity index (χ1v) is 8.22. The third-order valence-electron chi connectivity index (χ3n) is 3.07. The maximum absolute atomic E-state index is 11.8. The quantitative estimate of drug-likeness (QED) is 0.633. The van der Waals surface area contributed by atoms with Crippen LogP contribution in [-0.4, -0.2) is 32.1 Å². The number of amides is 1. The summed E-state index contributed by atoms with van der Waals surface area (Å²) in [6, 6.07) is 11.2. The van der Waals surface area contributed by atoms with Crippen molar-refractivity contribution in [2.24, 2.45) is 5.10 Å². The predicted octanol–water partition coefficient (Wildman–Crippen LogP) is 1.14. The number of sulfonamides is 1. The zero-order valence-electron chi connectivity index (χ0n) is 12.6. The van der Waals surface area contributed by atoms with E-state index in [9.17, 15) is 13.2 Å². The number of rotatable bonds is 5. The second-order valence-electron chi connectivity index (χ2n) is 4.59. The lowest BCUT2D eigenvalue weighted by Gasteiger charge is -2.05. The second kappa shape index (κ2) is 7.12. The Bertz CT molecular complexity index is 816. The van der Waals surface area contributed by atoms with Gasteiger partial charge in [0, 0.05) is 6.20 Å². The van der Waals surface area contributed by atoms with E-state index in [1.165, 1.54) is 25.4 Å². The Morgan fingerprint density at radius 3 is 2.39 bits per heavy atom. The summed E-state index contributed by atoms with van der Waals surface area (Å²) in [6.45, 7) is 1.71. The normalized spacial score (nSPS) is 12.0. The van der Waals surface area contributed by atoms with E-state index in [2.05, 4.69) is 20.2 Å². The number of benzene rings is 1. The lowest BCUT2D eigenvalue weighted by Crippen LogP contribution is -2.20. The highest BCUT2D eigenvalue weighted by atomic mass is 32.2. The molecule has 1 heterocycles. The second-order valence-corrected chi connectivity index (χ2v) is 6.47. The molecular weight excluding hydrogens is 316 g/mol. The molecule has 0 saturated heterocycles. The number of nitrogens with zero attached hydrogens (tertiary/aromatic N) is 2. The van der Waals surface area contributed by atoms with Gasteiger partial charge in [-0.15, -0.1) is 0 Å². The van der Waals surface area contributed by atoms with Gasteiger partial charge in [0.25, 0.3) is 5.91 Å². The minimum atomic E-state index is -3.47. The van der Waals surface area contributed by atoms with Gasteiger partial charge in [-0.05, 0) is 43.8 Å². The third-order valence-corrected chi connectivity index (χ3v) is 4.50. The first kappa shape index (κ1) is 16.8. The molecule has 0 radical (unpaired) electrons. The van der Waals surface area contributed by atoms with E-state index in [-0.39, 0.29) is 10.6 Å². The van der Waals surface area contributed by atoms with Crippen molar-refractivity contribution in [1.82, 2.24) is 15.1 Å². The van der Waals surface area contributed by atoms with Gasteiger partial charge in [-0.25, -0.2) is 18.6 Å². The summed E-state index contributed by atoms with van der Waals surface area (Å²) in [5, 5.41) is 3.99. The van der Waals surface area contributed by atoms with E-state index >= 15 is 0 Å². The highest BCUT2D eigenvalue weighted by Crippen LogP contribution is 2.10. The van der Waals surface area contributed by atoms with Crippen LogP contribution in [0.25, 0.3) is 0 Å². The van der Waals surface area contributed by atoms with E-state index in [1.807, 2.05) is 0 Å². The minimum Gasteiger partial charge on any atom is -0.266 e. The van der Waals surface area contributed by atoms with Crippen LogP contribution in [0.15, 0.2) is 58.7 Å². The zero-order chi connectivity index (χ0) is 16.9. The number of hydrogen-bond acceptors (Lipinski definition) is 5. The van der Waals surface area contributed by atoms with E-state index in [1.54, 1.807) is 37.3 Å². The average Bonchev–Trinajstić information content (AvgIpc) is 2.60. The fourth-order valence-corrected chi connectivity index (χ4v) is 2.48. The Balaban J connectivity index is 2.11. The van der Waals surface area contributed by atoms with E-state index in [4.69, 9.17) is 0 Å². The first-order chi connectivity index (χ1) is 10.9. The van der Waals surface area contributed by atoms with Gasteiger partial charge in [0.05, 0.1) is 10.6 Å². The molecule has 7 nitrogen and oxygen atoms in total. The number of hydrazone groups is 1. The molecular formula is C15H16N4O3S. The molecule has 0 atom stereocenters. The zero-order valence-corrected chi connectivity index (χ0v) is 13.5. The maximum atomic E-state index is 11.8. The number of hydrogen-bond donors (Lipinski definition) is 2. The highest BCUT2D eigenvalue weighted by molar-refractivity contribution is 7.89. The smallest absolute Gasteiger partial charge is 0.266 e. The standard InChI is InChI=1S/C15H16N4O3S/c1-11(18-19-15(20)14-5-3-4-10-17-14)12-6-8-13(9-7-12)23(21,22)16-2/h3-10,16H,1-2H3,(H,19,20)/b18-11-. The van der Waals surface area contributed by atoms with Crippen LogP contribution in [0, 0.1) is 0 Å². The molecule has 0 saturated carbocycles. The van der Waals surface area contributed by atoms with Crippen LogP contribution >= 0.6 is 0 Å². The molecule has 2 N–H and O–H groups in total. The van der Waals surface area contributed by atoms with Crippen molar-refractivity contribution in [1.29, 1.82) is 0 Å². The summed E-state index contributed by atoms with van der Waals surface area (Å²) < 4.78 is 25.5. The Morgan fingerprint density at radius 1 is 1.13 bits per heavy atom. The predicted molar refractivity (Wildman–Crippen MR) is 86.6 cm³/mol. The molecule has 8 heteroatoms. The molecule has 23 heavy (non-hydrogen) atoms. The van der Waals surface area contributed by atoms with E-state index < -0.39 is 15.9 Å². The van der Waals surface area contributed by atoms with Gasteiger partial charge in [-0.2, -0.15) is 5.10 Å². The SMILES string of the molecule is CNS(=O)(=O)c1ccc(/C(C)=N\NC(=O)c2ccccn2)cc1. The summed E-state index contributed by atoms with van der Waals surface area (Å²) in [6.07, 6.45) is 1.52. The van der Waals surface area contributed by atoms with Crippen LogP contribution in [0.1, 0.15) is 23.0 Å². The number of aromatic nitrogens is 1. The Labute approximate surface area is 134 Å². The average molecular weight is 332 g/mol. The van der Waals surface area contributed by atoms with E-state index in [0.717, 1.165) is 0 Å². The summed E-state index contributed by atoms with van der Waals surface area (Å²) in [5.41, 5.74) is 3.91. The summed E-state index contributed by atoms with van der Waals surface area (Å²) in [7, 11) is -2.12. The maximum Gasteiger partial charge on any atom is 0.289 e. The topological polar surface area (TPSA) is 101 Å². The molecule has 1 amide bonds. The van der Waals surface area contributed by atoms with Gasteiger partial charge in [0.1, 0.15) is 5.69 Å². The molecule has 0 aliphatic carbocycles. The van der Waals surface area contributed by atoms with Gasteiger partial charge in [0.2, 0.25) is 10.0 Å². The molecule has 2 aromatic rings. The van der Waals surface area contributed by atoms with Gasteiger partial charge in [0.15, 0.2) is 0 Å². The largest absolute Gasteiger partial charge is 0.289 e. The molecule has 1 aromatic heterocycles. The van der Waals surface area contributed by atoms with E-state index in [0.29, 0.717) is 11.3 Å². The third kappa shape index (κ3) is 4.21. The van der Waals surface area contributed by atoms with Crippen LogP contribution in [0.5, 0.6) is 0 Å². The van der Waals surface area contributed by atoms with Crippen molar-refractivity contribution in [2.75, 3.05) is 7.05 Å². The molecule has 1 aromatic carbocycles. The van der Waals surface area contributed by atoms with Gasteiger partial charge >= 0.3 is 0 Å². The number of carbonyl (C=O) groups is 1. The van der Waals surface area contributed by atoms with Crippen LogP contribution in [0.4, 0.5) is 0 Å². The Morgan fingerprint density at radius 2 is 1.83 bits per heavy atom. The summed E-state index contributed by atoms with van der Waals surface area (Å²) in [5.74, 6) is -0.417. The fourth-order valence-electron chi connectivity index (χ4n) is 1.75. The van der Waals surface area contributed by atoms with Crippen molar-refractivity contribution in [3.05, 3.63) is 59.9 Å². The Kier molecular flexibility index (Phi) is 5.20. The number of pyridine rings is 1. The molecule has 0 bridgehead atoms. The van der Waals surface area contributed by atoms with Crippen LogP contribution < -0.4 is 10.1 Å². The molecule has 0 unspecified atom stereocenters. The van der Waals surface area contributed by atoms with Crippen LogP contribution in [0.3, 0.4) is 0 Å². The minimum absolute atomic E-state index is 0.161. The van der Waals surface area contributed by atoms with Crippen molar-refractivity contribution in [3.8, 4) is 0 Å². The first-order valence-electron chi connectivity index (χ1n) is 6.73. The Hall–Kier alpha value is -2.58. The van der Waals surface area contributed by atoms with Gasteiger partial charge in [-0.1, -0.05) is 18.2 Å². The van der Waals surface area contributed by atoms with Crippen LogP contribution in [-0.2, 0) is 10.0 Å². The van der Waals surface area contributed by atoms with Crippen molar-refractivity contribution in [3.63, 3.8) is 0 Å². The summed E-state index contributed by atoms with van der Waals surface area (Å²) >= 11 is 0. The molecule has 120 valence electrons. The summed E-state index contributed by atoms with van der Waals surface area (Å²) in [4.78, 5) is 15.9. The number of nitrogens with one attached hydrogen (secondary N) is 2. The molecule has 0 aliphatic rings. The van der Waals surface area contributed by atoms with Crippen molar-refractivity contribution >= 4 is 21.6 Å². The molecule has 2 rings (SSSR count). The monoisotopic (exact) mass is 332 g/mol. The molecule has 0 aliphatic heterocycles.